The van der Waals surface area contributed by atoms with Crippen LogP contribution in [0.15, 0.2) is 74.9 Å². The number of fused-ring (bicyclic) bond motifs is 1. The largest absolute Gasteiger partial charge is 0.467 e. The molecule has 0 fully saturated rings. The highest BCUT2D eigenvalue weighted by Crippen LogP contribution is 2.27. The number of hydrogen-bond acceptors (Lipinski definition) is 5. The maximum absolute atomic E-state index is 12.3. The number of nitrogens with zero attached hydrogens (tertiary/aromatic N) is 1. The van der Waals surface area contributed by atoms with Crippen molar-refractivity contribution >= 4 is 28.8 Å². The maximum Gasteiger partial charge on any atom is 0.257 e. The van der Waals surface area contributed by atoms with Gasteiger partial charge in [0.2, 0.25) is 0 Å². The maximum atomic E-state index is 12.3. The van der Waals surface area contributed by atoms with E-state index in [1.54, 1.807) is 18.4 Å². The first kappa shape index (κ1) is 17.4. The number of furan rings is 1. The number of para-hydroxylation sites is 1. The molecule has 4 aromatic rings. The van der Waals surface area contributed by atoms with E-state index in [0.29, 0.717) is 23.1 Å². The van der Waals surface area contributed by atoms with Crippen LogP contribution in [-0.2, 0) is 12.3 Å². The number of rotatable bonds is 6. The molecule has 6 heteroatoms. The molecule has 27 heavy (non-hydrogen) atoms. The number of carbonyl (C=O) groups excluding carboxylic acids is 1. The first-order chi connectivity index (χ1) is 13.2. The van der Waals surface area contributed by atoms with Gasteiger partial charge in [0.1, 0.15) is 11.3 Å². The van der Waals surface area contributed by atoms with Crippen molar-refractivity contribution in [1.29, 1.82) is 0 Å². The van der Waals surface area contributed by atoms with Gasteiger partial charge < -0.3 is 14.2 Å². The summed E-state index contributed by atoms with van der Waals surface area (Å²) in [4.78, 5) is 16.9. The molecule has 0 saturated carbocycles. The van der Waals surface area contributed by atoms with Gasteiger partial charge in [0, 0.05) is 11.3 Å². The van der Waals surface area contributed by atoms with Crippen molar-refractivity contribution in [3.8, 4) is 0 Å². The van der Waals surface area contributed by atoms with Gasteiger partial charge in [0.15, 0.2) is 5.58 Å². The molecule has 136 valence electrons. The summed E-state index contributed by atoms with van der Waals surface area (Å²) in [5.41, 5.74) is 4.44. The SMILES string of the molecule is Cc1cccc2oc(SCc3cccc(C(=O)NCc4ccco4)c3)nc12. The van der Waals surface area contributed by atoms with E-state index in [9.17, 15) is 4.79 Å². The predicted octanol–water partition coefficient (Wildman–Crippen LogP) is 4.95. The van der Waals surface area contributed by atoms with Crippen LogP contribution < -0.4 is 5.32 Å². The summed E-state index contributed by atoms with van der Waals surface area (Å²) in [6, 6.07) is 17.1. The molecule has 1 N–H and O–H groups in total. The van der Waals surface area contributed by atoms with Crippen LogP contribution in [0.1, 0.15) is 27.2 Å². The minimum absolute atomic E-state index is 0.129. The summed E-state index contributed by atoms with van der Waals surface area (Å²) in [6.07, 6.45) is 1.59. The van der Waals surface area contributed by atoms with Gasteiger partial charge in [-0.25, -0.2) is 4.98 Å². The summed E-state index contributed by atoms with van der Waals surface area (Å²) in [5, 5.41) is 3.49. The van der Waals surface area contributed by atoms with Gasteiger partial charge in [0.05, 0.1) is 12.8 Å². The van der Waals surface area contributed by atoms with E-state index in [2.05, 4.69) is 10.3 Å². The fraction of sp³-hybridized carbons (Fsp3) is 0.143. The Labute approximate surface area is 160 Å². The topological polar surface area (TPSA) is 68.3 Å². The molecule has 0 radical (unpaired) electrons. The molecule has 4 rings (SSSR count). The molecule has 0 aliphatic rings. The number of amides is 1. The Morgan fingerprint density at radius 2 is 2.04 bits per heavy atom. The van der Waals surface area contributed by atoms with E-state index in [1.807, 2.05) is 49.4 Å². The number of thioether (sulfide) groups is 1. The lowest BCUT2D eigenvalue weighted by atomic mass is 10.1. The van der Waals surface area contributed by atoms with Crippen molar-refractivity contribution < 1.29 is 13.6 Å². The molecule has 2 aromatic carbocycles. The van der Waals surface area contributed by atoms with Gasteiger partial charge in [-0.15, -0.1) is 0 Å². The number of hydrogen-bond donors (Lipinski definition) is 1. The van der Waals surface area contributed by atoms with Gasteiger partial charge >= 0.3 is 0 Å². The van der Waals surface area contributed by atoms with Gasteiger partial charge in [-0.05, 0) is 48.4 Å². The molecule has 0 aliphatic carbocycles. The fourth-order valence-electron chi connectivity index (χ4n) is 2.76. The summed E-state index contributed by atoms with van der Waals surface area (Å²) in [5.74, 6) is 1.27. The molecule has 2 aromatic heterocycles. The quantitative estimate of drug-likeness (QED) is 0.481. The number of aryl methyl sites for hydroxylation is 1. The third kappa shape index (κ3) is 4.06. The minimum Gasteiger partial charge on any atom is -0.467 e. The van der Waals surface area contributed by atoms with Crippen LogP contribution in [0.4, 0.5) is 0 Å². The number of carbonyl (C=O) groups is 1. The van der Waals surface area contributed by atoms with Crippen LogP contribution in [0.25, 0.3) is 11.1 Å². The summed E-state index contributed by atoms with van der Waals surface area (Å²) >= 11 is 1.52. The summed E-state index contributed by atoms with van der Waals surface area (Å²) in [6.45, 7) is 2.39. The van der Waals surface area contributed by atoms with Crippen LogP contribution in [0, 0.1) is 6.92 Å². The van der Waals surface area contributed by atoms with Crippen molar-refractivity contribution in [3.63, 3.8) is 0 Å². The monoisotopic (exact) mass is 378 g/mol. The van der Waals surface area contributed by atoms with Crippen molar-refractivity contribution in [2.75, 3.05) is 0 Å². The molecule has 1 amide bonds. The Hall–Kier alpha value is -2.99. The number of aromatic nitrogens is 1. The summed E-state index contributed by atoms with van der Waals surface area (Å²) < 4.78 is 11.0. The second-order valence-electron chi connectivity index (χ2n) is 6.15. The van der Waals surface area contributed by atoms with E-state index in [1.165, 1.54) is 11.8 Å². The van der Waals surface area contributed by atoms with Crippen LogP contribution in [0.2, 0.25) is 0 Å². The normalized spacial score (nSPS) is 11.0. The molecule has 5 nitrogen and oxygen atoms in total. The average Bonchev–Trinajstić information content (AvgIpc) is 3.35. The van der Waals surface area contributed by atoms with Crippen molar-refractivity contribution in [3.05, 3.63) is 83.3 Å². The Balaban J connectivity index is 1.41. The fourth-order valence-corrected chi connectivity index (χ4v) is 3.53. The Morgan fingerprint density at radius 1 is 1.15 bits per heavy atom. The molecule has 0 unspecified atom stereocenters. The predicted molar refractivity (Wildman–Crippen MR) is 105 cm³/mol. The standard InChI is InChI=1S/C21H18N2O3S/c1-14-5-2-9-18-19(14)23-21(26-18)27-13-15-6-3-7-16(11-15)20(24)22-12-17-8-4-10-25-17/h2-11H,12-13H2,1H3,(H,22,24). The number of nitrogens with one attached hydrogen (secondary N) is 1. The average molecular weight is 378 g/mol. The highest BCUT2D eigenvalue weighted by molar-refractivity contribution is 7.98. The second-order valence-corrected chi connectivity index (χ2v) is 7.08. The van der Waals surface area contributed by atoms with Crippen molar-refractivity contribution in [2.45, 2.75) is 24.4 Å². The van der Waals surface area contributed by atoms with Crippen LogP contribution in [0.3, 0.4) is 0 Å². The lowest BCUT2D eigenvalue weighted by Gasteiger charge is -2.05. The Morgan fingerprint density at radius 3 is 2.85 bits per heavy atom. The van der Waals surface area contributed by atoms with Crippen molar-refractivity contribution in [1.82, 2.24) is 10.3 Å². The zero-order chi connectivity index (χ0) is 18.6. The zero-order valence-corrected chi connectivity index (χ0v) is 15.6. The highest BCUT2D eigenvalue weighted by atomic mass is 32.2. The third-order valence-electron chi connectivity index (χ3n) is 4.16. The van der Waals surface area contributed by atoms with Crippen LogP contribution in [0.5, 0.6) is 0 Å². The van der Waals surface area contributed by atoms with E-state index in [0.717, 1.165) is 28.0 Å². The highest BCUT2D eigenvalue weighted by Gasteiger charge is 2.10. The van der Waals surface area contributed by atoms with Gasteiger partial charge in [-0.2, -0.15) is 0 Å². The Bertz CT molecular complexity index is 1070. The molecular weight excluding hydrogens is 360 g/mol. The van der Waals surface area contributed by atoms with E-state index < -0.39 is 0 Å². The molecular formula is C21H18N2O3S. The smallest absolute Gasteiger partial charge is 0.257 e. The number of benzene rings is 2. The lowest BCUT2D eigenvalue weighted by Crippen LogP contribution is -2.22. The second kappa shape index (κ2) is 7.72. The summed E-state index contributed by atoms with van der Waals surface area (Å²) in [7, 11) is 0. The molecule has 0 atom stereocenters. The first-order valence-corrected chi connectivity index (χ1v) is 9.56. The Kier molecular flexibility index (Phi) is 4.98. The van der Waals surface area contributed by atoms with E-state index in [4.69, 9.17) is 8.83 Å². The van der Waals surface area contributed by atoms with E-state index in [-0.39, 0.29) is 5.91 Å². The van der Waals surface area contributed by atoms with Crippen molar-refractivity contribution in [2.24, 2.45) is 0 Å². The first-order valence-electron chi connectivity index (χ1n) is 8.57. The minimum atomic E-state index is -0.129. The van der Waals surface area contributed by atoms with Gasteiger partial charge in [-0.3, -0.25) is 4.79 Å². The molecule has 0 bridgehead atoms. The molecule has 0 saturated heterocycles. The zero-order valence-electron chi connectivity index (χ0n) is 14.8. The van der Waals surface area contributed by atoms with Crippen LogP contribution in [-0.4, -0.2) is 10.9 Å². The molecule has 2 heterocycles. The molecule has 0 aliphatic heterocycles. The van der Waals surface area contributed by atoms with Crippen LogP contribution >= 0.6 is 11.8 Å². The lowest BCUT2D eigenvalue weighted by molar-refractivity contribution is 0.0948. The third-order valence-corrected chi connectivity index (χ3v) is 5.06. The van der Waals surface area contributed by atoms with Gasteiger partial charge in [0.25, 0.3) is 11.1 Å². The van der Waals surface area contributed by atoms with Gasteiger partial charge in [-0.1, -0.05) is 36.0 Å². The molecule has 0 spiro atoms. The van der Waals surface area contributed by atoms with E-state index >= 15 is 0 Å². The number of oxazole rings is 1.